The van der Waals surface area contributed by atoms with Crippen LogP contribution in [-0.4, -0.2) is 37.1 Å². The van der Waals surface area contributed by atoms with E-state index < -0.39 is 0 Å². The third kappa shape index (κ3) is 4.38. The Hall–Kier alpha value is -2.23. The second-order valence-corrected chi connectivity index (χ2v) is 5.25. The number of nitrogens with one attached hydrogen (secondary N) is 1. The third-order valence-corrected chi connectivity index (χ3v) is 3.12. The molecule has 0 atom stereocenters. The van der Waals surface area contributed by atoms with Gasteiger partial charge in [-0.05, 0) is 26.2 Å². The number of benzene rings is 1. The molecule has 0 aliphatic rings. The van der Waals surface area contributed by atoms with Crippen molar-refractivity contribution in [2.75, 3.05) is 32.5 Å². The lowest BCUT2D eigenvalue weighted by atomic mass is 10.3. The van der Waals surface area contributed by atoms with E-state index in [1.165, 1.54) is 0 Å². The van der Waals surface area contributed by atoms with Gasteiger partial charge in [0.2, 0.25) is 17.5 Å². The van der Waals surface area contributed by atoms with Crippen LogP contribution in [0.2, 0.25) is 5.02 Å². The number of hydrogen-bond acceptors (Lipinski definition) is 6. The minimum Gasteiger partial charge on any atom is -0.482 e. The van der Waals surface area contributed by atoms with Gasteiger partial charge in [0.05, 0.1) is 5.02 Å². The first-order valence-corrected chi connectivity index (χ1v) is 7.13. The van der Waals surface area contributed by atoms with E-state index in [1.807, 2.05) is 37.2 Å². The lowest BCUT2D eigenvalue weighted by Gasteiger charge is -2.09. The van der Waals surface area contributed by atoms with Crippen LogP contribution in [0.5, 0.6) is 5.75 Å². The van der Waals surface area contributed by atoms with Crippen molar-refractivity contribution in [3.63, 3.8) is 0 Å². The van der Waals surface area contributed by atoms with E-state index in [0.29, 0.717) is 29.1 Å². The molecule has 0 saturated heterocycles. The van der Waals surface area contributed by atoms with E-state index >= 15 is 0 Å². The molecule has 1 heterocycles. The summed E-state index contributed by atoms with van der Waals surface area (Å²) in [5, 5.41) is 12.6. The van der Waals surface area contributed by atoms with E-state index in [1.54, 1.807) is 12.1 Å². The van der Waals surface area contributed by atoms with Gasteiger partial charge < -0.3 is 19.4 Å². The smallest absolute Gasteiger partial charge is 0.236 e. The van der Waals surface area contributed by atoms with Crippen molar-refractivity contribution in [2.45, 2.75) is 6.61 Å². The number of likely N-dealkylation sites (N-methyl/N-ethyl adjacent to an activating group) is 1. The van der Waals surface area contributed by atoms with Crippen molar-refractivity contribution in [3.05, 3.63) is 40.9 Å². The van der Waals surface area contributed by atoms with Gasteiger partial charge in [-0.3, -0.25) is 0 Å². The molecule has 6 nitrogen and oxygen atoms in total. The molecule has 0 amide bonds. The second-order valence-electron chi connectivity index (χ2n) is 4.85. The third-order valence-electron chi connectivity index (χ3n) is 2.81. The standard InChI is InChI=1S/C15H17ClN4O2/c1-20(2)8-7-18-15-12(9-17)19-14(22-15)10-21-13-6-4-3-5-11(13)16/h3-6,18H,7-8,10H2,1-2H3. The molecule has 1 N–H and O–H groups in total. The summed E-state index contributed by atoms with van der Waals surface area (Å²) in [4.78, 5) is 6.12. The predicted octanol–water partition coefficient (Wildman–Crippen LogP) is 2.75. The summed E-state index contributed by atoms with van der Waals surface area (Å²) in [7, 11) is 3.94. The first kappa shape index (κ1) is 16.1. The van der Waals surface area contributed by atoms with Gasteiger partial charge in [-0.2, -0.15) is 10.2 Å². The van der Waals surface area contributed by atoms with Crippen LogP contribution in [0.1, 0.15) is 11.6 Å². The number of anilines is 1. The Balaban J connectivity index is 1.99. The summed E-state index contributed by atoms with van der Waals surface area (Å²) in [6.07, 6.45) is 0. The second kappa shape index (κ2) is 7.69. The molecule has 0 bridgehead atoms. The molecule has 2 aromatic rings. The molecule has 1 aromatic heterocycles. The molecule has 2 rings (SSSR count). The highest BCUT2D eigenvalue weighted by atomic mass is 35.5. The lowest BCUT2D eigenvalue weighted by Crippen LogP contribution is -2.20. The maximum Gasteiger partial charge on any atom is 0.236 e. The van der Waals surface area contributed by atoms with Crippen molar-refractivity contribution in [1.82, 2.24) is 9.88 Å². The van der Waals surface area contributed by atoms with Crippen molar-refractivity contribution < 1.29 is 9.15 Å². The minimum atomic E-state index is 0.105. The quantitative estimate of drug-likeness (QED) is 0.845. The van der Waals surface area contributed by atoms with E-state index in [2.05, 4.69) is 10.3 Å². The molecule has 0 aliphatic carbocycles. The molecule has 0 unspecified atom stereocenters. The molecule has 22 heavy (non-hydrogen) atoms. The fourth-order valence-corrected chi connectivity index (χ4v) is 1.91. The number of nitriles is 1. The largest absolute Gasteiger partial charge is 0.482 e. The lowest BCUT2D eigenvalue weighted by molar-refractivity contribution is 0.265. The molecular weight excluding hydrogens is 304 g/mol. The Morgan fingerprint density at radius 3 is 2.86 bits per heavy atom. The average molecular weight is 321 g/mol. The Bertz CT molecular complexity index is 664. The van der Waals surface area contributed by atoms with E-state index in [0.717, 1.165) is 6.54 Å². The molecule has 116 valence electrons. The number of halogens is 1. The molecule has 7 heteroatoms. The first-order chi connectivity index (χ1) is 10.6. The van der Waals surface area contributed by atoms with Gasteiger partial charge >= 0.3 is 0 Å². The summed E-state index contributed by atoms with van der Waals surface area (Å²) in [6, 6.07) is 9.14. The SMILES string of the molecule is CN(C)CCNc1oc(COc2ccccc2Cl)nc1C#N. The van der Waals surface area contributed by atoms with Gasteiger partial charge in [0.25, 0.3) is 0 Å². The highest BCUT2D eigenvalue weighted by Crippen LogP contribution is 2.25. The summed E-state index contributed by atoms with van der Waals surface area (Å²) in [5.41, 5.74) is 0.219. The zero-order chi connectivity index (χ0) is 15.9. The number of nitrogens with zero attached hydrogens (tertiary/aromatic N) is 3. The van der Waals surface area contributed by atoms with Crippen molar-refractivity contribution in [3.8, 4) is 11.8 Å². The minimum absolute atomic E-state index is 0.105. The fourth-order valence-electron chi connectivity index (χ4n) is 1.72. The van der Waals surface area contributed by atoms with Crippen LogP contribution < -0.4 is 10.1 Å². The van der Waals surface area contributed by atoms with Crippen LogP contribution in [0, 0.1) is 11.3 Å². The maximum absolute atomic E-state index is 9.08. The summed E-state index contributed by atoms with van der Waals surface area (Å²) in [5.74, 6) is 1.23. The van der Waals surface area contributed by atoms with Crippen LogP contribution in [0.4, 0.5) is 5.88 Å². The Kier molecular flexibility index (Phi) is 5.64. The van der Waals surface area contributed by atoms with Crippen LogP contribution in [0.25, 0.3) is 0 Å². The van der Waals surface area contributed by atoms with Gasteiger partial charge in [0.1, 0.15) is 11.8 Å². The highest BCUT2D eigenvalue weighted by Gasteiger charge is 2.13. The topological polar surface area (TPSA) is 74.3 Å². The Morgan fingerprint density at radius 2 is 2.18 bits per heavy atom. The molecule has 0 fully saturated rings. The van der Waals surface area contributed by atoms with Crippen molar-refractivity contribution in [2.24, 2.45) is 0 Å². The number of oxazole rings is 1. The Morgan fingerprint density at radius 1 is 1.41 bits per heavy atom. The summed E-state index contributed by atoms with van der Waals surface area (Å²) >= 11 is 6.01. The summed E-state index contributed by atoms with van der Waals surface area (Å²) < 4.78 is 11.1. The molecule has 0 aliphatic heterocycles. The zero-order valence-corrected chi connectivity index (χ0v) is 13.2. The molecule has 0 saturated carbocycles. The molecule has 0 spiro atoms. The normalized spacial score (nSPS) is 10.5. The first-order valence-electron chi connectivity index (χ1n) is 6.76. The van der Waals surface area contributed by atoms with E-state index in [9.17, 15) is 0 Å². The number of ether oxygens (including phenoxy) is 1. The maximum atomic E-state index is 9.08. The number of hydrogen-bond donors (Lipinski definition) is 1. The molecule has 0 radical (unpaired) electrons. The molecule has 1 aromatic carbocycles. The number of rotatable bonds is 7. The van der Waals surface area contributed by atoms with Crippen LogP contribution in [0.15, 0.2) is 28.7 Å². The van der Waals surface area contributed by atoms with E-state index in [-0.39, 0.29) is 12.3 Å². The monoisotopic (exact) mass is 320 g/mol. The zero-order valence-electron chi connectivity index (χ0n) is 12.5. The van der Waals surface area contributed by atoms with Gasteiger partial charge in [0, 0.05) is 13.1 Å². The van der Waals surface area contributed by atoms with Crippen molar-refractivity contribution in [1.29, 1.82) is 5.26 Å². The van der Waals surface area contributed by atoms with Crippen LogP contribution >= 0.6 is 11.6 Å². The average Bonchev–Trinajstić information content (AvgIpc) is 2.88. The number of para-hydroxylation sites is 1. The predicted molar refractivity (Wildman–Crippen MR) is 84.0 cm³/mol. The fraction of sp³-hybridized carbons (Fsp3) is 0.333. The highest BCUT2D eigenvalue weighted by molar-refractivity contribution is 6.32. The van der Waals surface area contributed by atoms with Gasteiger partial charge in [-0.25, -0.2) is 0 Å². The van der Waals surface area contributed by atoms with Crippen LogP contribution in [0.3, 0.4) is 0 Å². The van der Waals surface area contributed by atoms with E-state index in [4.69, 9.17) is 26.0 Å². The molecular formula is C15H17ClN4O2. The van der Waals surface area contributed by atoms with Gasteiger partial charge in [-0.15, -0.1) is 0 Å². The van der Waals surface area contributed by atoms with Crippen LogP contribution in [-0.2, 0) is 6.61 Å². The summed E-state index contributed by atoms with van der Waals surface area (Å²) in [6.45, 7) is 1.58. The van der Waals surface area contributed by atoms with Gasteiger partial charge in [0.15, 0.2) is 6.61 Å². The van der Waals surface area contributed by atoms with Gasteiger partial charge in [-0.1, -0.05) is 23.7 Å². The van der Waals surface area contributed by atoms with Crippen molar-refractivity contribution >= 4 is 17.5 Å². The number of aromatic nitrogens is 1. The Labute approximate surface area is 134 Å².